The Balaban J connectivity index is 2.12. The maximum Gasteiger partial charge on any atom is 0.336 e. The van der Waals surface area contributed by atoms with Crippen LogP contribution in [0.3, 0.4) is 0 Å². The largest absolute Gasteiger partial charge is 0.478 e. The maximum absolute atomic E-state index is 11.0. The molecule has 0 bridgehead atoms. The van der Waals surface area contributed by atoms with Crippen molar-refractivity contribution in [3.8, 4) is 0 Å². The first-order chi connectivity index (χ1) is 8.95. The zero-order chi connectivity index (χ0) is 14.0. The van der Waals surface area contributed by atoms with Gasteiger partial charge in [-0.3, -0.25) is 0 Å². The Bertz CT molecular complexity index is 479. The lowest BCUT2D eigenvalue weighted by atomic mass is 9.78. The summed E-state index contributed by atoms with van der Waals surface area (Å²) in [6.45, 7) is 6.70. The van der Waals surface area contributed by atoms with Crippen LogP contribution in [0.4, 0.5) is 5.69 Å². The fourth-order valence-electron chi connectivity index (χ4n) is 2.53. The number of aromatic carboxylic acids is 1. The molecule has 0 radical (unpaired) electrons. The molecule has 1 fully saturated rings. The first-order valence-electron chi connectivity index (χ1n) is 6.73. The molecular formula is C15H20BrNO2. The molecule has 2 rings (SSSR count). The third kappa shape index (κ3) is 3.11. The van der Waals surface area contributed by atoms with Gasteiger partial charge in [-0.2, -0.15) is 0 Å². The average Bonchev–Trinajstić information content (AvgIpc) is 2.39. The summed E-state index contributed by atoms with van der Waals surface area (Å²) < 4.78 is 0.654. The van der Waals surface area contributed by atoms with Crippen molar-refractivity contribution in [1.29, 1.82) is 0 Å². The van der Waals surface area contributed by atoms with E-state index in [1.54, 1.807) is 6.07 Å². The number of rotatable bonds is 3. The lowest BCUT2D eigenvalue weighted by Gasteiger charge is -2.40. The van der Waals surface area contributed by atoms with Crippen molar-refractivity contribution in [1.82, 2.24) is 0 Å². The molecule has 19 heavy (non-hydrogen) atoms. The Hall–Kier alpha value is -1.03. The van der Waals surface area contributed by atoms with Crippen LogP contribution in [-0.4, -0.2) is 24.2 Å². The van der Waals surface area contributed by atoms with E-state index >= 15 is 0 Å². The van der Waals surface area contributed by atoms with E-state index < -0.39 is 5.97 Å². The van der Waals surface area contributed by atoms with Crippen molar-refractivity contribution in [3.63, 3.8) is 0 Å². The second-order valence-corrected chi connectivity index (χ2v) is 6.47. The quantitative estimate of drug-likeness (QED) is 0.906. The van der Waals surface area contributed by atoms with Gasteiger partial charge in [0.2, 0.25) is 0 Å². The predicted molar refractivity (Wildman–Crippen MR) is 80.9 cm³/mol. The van der Waals surface area contributed by atoms with Crippen LogP contribution in [0.2, 0.25) is 0 Å². The van der Waals surface area contributed by atoms with Crippen LogP contribution in [0.15, 0.2) is 22.7 Å². The number of carboxylic acids is 1. The zero-order valence-corrected chi connectivity index (χ0v) is 13.0. The standard InChI is InChI=1S/C15H20BrNO2/c1-3-15(2)6-8-17(9-7-15)11-4-5-12(14(18)19)13(16)10-11/h4-5,10H,3,6-9H2,1-2H3,(H,18,19). The van der Waals surface area contributed by atoms with Gasteiger partial charge in [0.15, 0.2) is 0 Å². The topological polar surface area (TPSA) is 40.5 Å². The molecule has 0 spiro atoms. The number of benzene rings is 1. The van der Waals surface area contributed by atoms with Crippen molar-refractivity contribution < 1.29 is 9.90 Å². The molecule has 0 aromatic heterocycles. The number of piperidine rings is 1. The molecular weight excluding hydrogens is 306 g/mol. The normalized spacial score (nSPS) is 18.4. The molecule has 0 amide bonds. The number of carbonyl (C=O) groups is 1. The molecule has 1 aromatic carbocycles. The molecule has 4 heteroatoms. The minimum Gasteiger partial charge on any atom is -0.478 e. The summed E-state index contributed by atoms with van der Waals surface area (Å²) in [5.74, 6) is -0.893. The molecule has 1 aliphatic heterocycles. The van der Waals surface area contributed by atoms with E-state index in [2.05, 4.69) is 34.7 Å². The van der Waals surface area contributed by atoms with Gasteiger partial charge >= 0.3 is 5.97 Å². The van der Waals surface area contributed by atoms with E-state index in [0.717, 1.165) is 18.8 Å². The van der Waals surface area contributed by atoms with Crippen LogP contribution >= 0.6 is 15.9 Å². The summed E-state index contributed by atoms with van der Waals surface area (Å²) >= 11 is 3.34. The molecule has 0 unspecified atom stereocenters. The Labute approximate surface area is 122 Å². The van der Waals surface area contributed by atoms with Gasteiger partial charge in [-0.25, -0.2) is 4.79 Å². The minimum absolute atomic E-state index is 0.319. The molecule has 1 aliphatic rings. The summed E-state index contributed by atoms with van der Waals surface area (Å²) in [5.41, 5.74) is 1.89. The summed E-state index contributed by atoms with van der Waals surface area (Å²) in [6, 6.07) is 5.50. The van der Waals surface area contributed by atoms with Crippen molar-refractivity contribution >= 4 is 27.6 Å². The van der Waals surface area contributed by atoms with Gasteiger partial charge in [0.05, 0.1) is 5.56 Å². The van der Waals surface area contributed by atoms with Crippen LogP contribution in [0.5, 0.6) is 0 Å². The van der Waals surface area contributed by atoms with Gasteiger partial charge in [0.25, 0.3) is 0 Å². The fourth-order valence-corrected chi connectivity index (χ4v) is 3.07. The van der Waals surface area contributed by atoms with Crippen LogP contribution in [0.25, 0.3) is 0 Å². The van der Waals surface area contributed by atoms with Gasteiger partial charge in [-0.15, -0.1) is 0 Å². The zero-order valence-electron chi connectivity index (χ0n) is 11.4. The number of hydrogen-bond acceptors (Lipinski definition) is 2. The summed E-state index contributed by atoms with van der Waals surface area (Å²) in [6.07, 6.45) is 3.62. The summed E-state index contributed by atoms with van der Waals surface area (Å²) in [5, 5.41) is 9.02. The van der Waals surface area contributed by atoms with Gasteiger partial charge in [-0.05, 0) is 52.4 Å². The van der Waals surface area contributed by atoms with Crippen LogP contribution in [0.1, 0.15) is 43.5 Å². The SMILES string of the molecule is CCC1(C)CCN(c2ccc(C(=O)O)c(Br)c2)CC1. The van der Waals surface area contributed by atoms with Crippen molar-refractivity contribution in [2.24, 2.45) is 5.41 Å². The van der Waals surface area contributed by atoms with Crippen LogP contribution < -0.4 is 4.90 Å². The van der Waals surface area contributed by atoms with E-state index in [4.69, 9.17) is 5.11 Å². The molecule has 3 nitrogen and oxygen atoms in total. The number of hydrogen-bond donors (Lipinski definition) is 1. The lowest BCUT2D eigenvalue weighted by Crippen LogP contribution is -2.38. The highest BCUT2D eigenvalue weighted by atomic mass is 79.9. The Morgan fingerprint density at radius 2 is 2.05 bits per heavy atom. The molecule has 0 aliphatic carbocycles. The van der Waals surface area contributed by atoms with E-state index in [0.29, 0.717) is 15.5 Å². The van der Waals surface area contributed by atoms with Gasteiger partial charge in [0, 0.05) is 23.2 Å². The molecule has 1 N–H and O–H groups in total. The minimum atomic E-state index is -0.893. The number of anilines is 1. The van der Waals surface area contributed by atoms with Gasteiger partial charge in [0.1, 0.15) is 0 Å². The first kappa shape index (κ1) is 14.4. The number of carboxylic acid groups (broad SMARTS) is 1. The first-order valence-corrected chi connectivity index (χ1v) is 7.52. The molecule has 0 atom stereocenters. The predicted octanol–water partition coefficient (Wildman–Crippen LogP) is 4.16. The highest BCUT2D eigenvalue weighted by Gasteiger charge is 2.28. The monoisotopic (exact) mass is 325 g/mol. The highest BCUT2D eigenvalue weighted by molar-refractivity contribution is 9.10. The Morgan fingerprint density at radius 1 is 1.42 bits per heavy atom. The third-order valence-corrected chi connectivity index (χ3v) is 5.03. The fraction of sp³-hybridized carbons (Fsp3) is 0.533. The third-order valence-electron chi connectivity index (χ3n) is 4.37. The maximum atomic E-state index is 11.0. The molecule has 0 saturated carbocycles. The Kier molecular flexibility index (Phi) is 4.19. The summed E-state index contributed by atoms with van der Waals surface area (Å²) in [7, 11) is 0. The average molecular weight is 326 g/mol. The smallest absolute Gasteiger partial charge is 0.336 e. The molecule has 1 saturated heterocycles. The molecule has 104 valence electrons. The highest BCUT2D eigenvalue weighted by Crippen LogP contribution is 2.36. The summed E-state index contributed by atoms with van der Waals surface area (Å²) in [4.78, 5) is 13.3. The molecule has 1 aromatic rings. The van der Waals surface area contributed by atoms with Crippen LogP contribution in [0, 0.1) is 5.41 Å². The second-order valence-electron chi connectivity index (χ2n) is 5.62. The lowest BCUT2D eigenvalue weighted by molar-refractivity contribution is 0.0696. The Morgan fingerprint density at radius 3 is 2.53 bits per heavy atom. The van der Waals surface area contributed by atoms with E-state index in [9.17, 15) is 4.79 Å². The van der Waals surface area contributed by atoms with Crippen LogP contribution in [-0.2, 0) is 0 Å². The van der Waals surface area contributed by atoms with E-state index in [1.807, 2.05) is 12.1 Å². The van der Waals surface area contributed by atoms with Crippen molar-refractivity contribution in [3.05, 3.63) is 28.2 Å². The number of halogens is 1. The van der Waals surface area contributed by atoms with Gasteiger partial charge < -0.3 is 10.0 Å². The van der Waals surface area contributed by atoms with E-state index in [1.165, 1.54) is 19.3 Å². The van der Waals surface area contributed by atoms with Crippen molar-refractivity contribution in [2.75, 3.05) is 18.0 Å². The van der Waals surface area contributed by atoms with Gasteiger partial charge in [-0.1, -0.05) is 20.3 Å². The van der Waals surface area contributed by atoms with Crippen molar-refractivity contribution in [2.45, 2.75) is 33.1 Å². The second kappa shape index (κ2) is 5.53. The van der Waals surface area contributed by atoms with E-state index in [-0.39, 0.29) is 0 Å². The number of nitrogens with zero attached hydrogens (tertiary/aromatic N) is 1. The molecule has 1 heterocycles.